The zero-order valence-corrected chi connectivity index (χ0v) is 11.5. The van der Waals surface area contributed by atoms with Crippen molar-refractivity contribution in [3.05, 3.63) is 35.4 Å². The molecule has 2 N–H and O–H groups in total. The fraction of sp³-hybridized carbons (Fsp3) is 0.467. The Hall–Kier alpha value is -1.88. The van der Waals surface area contributed by atoms with Crippen LogP contribution in [0.3, 0.4) is 0 Å². The molecule has 1 heterocycles. The van der Waals surface area contributed by atoms with E-state index in [0.29, 0.717) is 13.0 Å². The largest absolute Gasteiger partial charge is 0.480 e. The predicted molar refractivity (Wildman–Crippen MR) is 73.4 cm³/mol. The molecule has 20 heavy (non-hydrogen) atoms. The van der Waals surface area contributed by atoms with Gasteiger partial charge in [0.1, 0.15) is 12.1 Å². The molecule has 1 aromatic rings. The molecule has 1 aliphatic rings. The standard InChI is InChI=1S/C15H19NO4/c1-10-5-2-3-6-11(10)9-12(15(18)19)16-14(17)13-7-4-8-20-13/h2-3,5-6,12-13H,4,7-9H2,1H3,(H,16,17)(H,18,19)/t12-,13+/m1/s1. The van der Waals surface area contributed by atoms with Gasteiger partial charge < -0.3 is 15.2 Å². The first-order chi connectivity index (χ1) is 9.58. The van der Waals surface area contributed by atoms with Crippen LogP contribution in [0.5, 0.6) is 0 Å². The highest BCUT2D eigenvalue weighted by Crippen LogP contribution is 2.14. The number of carbonyl (C=O) groups excluding carboxylic acids is 1. The maximum Gasteiger partial charge on any atom is 0.326 e. The summed E-state index contributed by atoms with van der Waals surface area (Å²) in [4.78, 5) is 23.2. The van der Waals surface area contributed by atoms with Crippen LogP contribution in [0.2, 0.25) is 0 Å². The summed E-state index contributed by atoms with van der Waals surface area (Å²) in [5, 5.41) is 11.8. The second kappa shape index (κ2) is 6.52. The summed E-state index contributed by atoms with van der Waals surface area (Å²) >= 11 is 0. The van der Waals surface area contributed by atoms with E-state index in [1.807, 2.05) is 31.2 Å². The number of rotatable bonds is 5. The van der Waals surface area contributed by atoms with Gasteiger partial charge in [0.05, 0.1) is 0 Å². The van der Waals surface area contributed by atoms with Gasteiger partial charge in [-0.15, -0.1) is 0 Å². The van der Waals surface area contributed by atoms with Crippen LogP contribution >= 0.6 is 0 Å². The van der Waals surface area contributed by atoms with Gasteiger partial charge in [-0.1, -0.05) is 24.3 Å². The third-order valence-corrected chi connectivity index (χ3v) is 3.52. The van der Waals surface area contributed by atoms with Crippen molar-refractivity contribution in [2.75, 3.05) is 6.61 Å². The van der Waals surface area contributed by atoms with E-state index in [2.05, 4.69) is 5.32 Å². The molecule has 0 unspecified atom stereocenters. The van der Waals surface area contributed by atoms with Gasteiger partial charge in [0, 0.05) is 13.0 Å². The van der Waals surface area contributed by atoms with Crippen LogP contribution in [0.15, 0.2) is 24.3 Å². The molecule has 1 amide bonds. The average Bonchev–Trinajstić information content (AvgIpc) is 2.94. The number of aliphatic carboxylic acids is 1. The molecule has 0 saturated carbocycles. The summed E-state index contributed by atoms with van der Waals surface area (Å²) in [5.41, 5.74) is 1.94. The third kappa shape index (κ3) is 3.57. The van der Waals surface area contributed by atoms with Crippen LogP contribution in [-0.4, -0.2) is 35.7 Å². The Morgan fingerprint density at radius 3 is 2.80 bits per heavy atom. The number of hydrogen-bond donors (Lipinski definition) is 2. The Bertz CT molecular complexity index is 494. The molecule has 0 spiro atoms. The van der Waals surface area contributed by atoms with Crippen LogP contribution in [0.4, 0.5) is 0 Å². The number of benzene rings is 1. The molecule has 0 bridgehead atoms. The fourth-order valence-electron chi connectivity index (χ4n) is 2.31. The summed E-state index contributed by atoms with van der Waals surface area (Å²) in [6.07, 6.45) is 1.27. The first kappa shape index (κ1) is 14.5. The summed E-state index contributed by atoms with van der Waals surface area (Å²) < 4.78 is 5.26. The van der Waals surface area contributed by atoms with Gasteiger partial charge in [0.2, 0.25) is 5.91 Å². The van der Waals surface area contributed by atoms with Gasteiger partial charge in [0.15, 0.2) is 0 Å². The van der Waals surface area contributed by atoms with E-state index in [0.717, 1.165) is 17.5 Å². The lowest BCUT2D eigenvalue weighted by Gasteiger charge is -2.18. The van der Waals surface area contributed by atoms with Crippen molar-refractivity contribution in [2.45, 2.75) is 38.3 Å². The first-order valence-electron chi connectivity index (χ1n) is 6.77. The molecule has 1 fully saturated rings. The third-order valence-electron chi connectivity index (χ3n) is 3.52. The van der Waals surface area contributed by atoms with Crippen LogP contribution in [0, 0.1) is 6.92 Å². The van der Waals surface area contributed by atoms with Gasteiger partial charge in [-0.3, -0.25) is 4.79 Å². The zero-order valence-electron chi connectivity index (χ0n) is 11.5. The SMILES string of the molecule is Cc1ccccc1C[C@@H](NC(=O)[C@@H]1CCCO1)C(=O)O. The molecule has 2 atom stereocenters. The lowest BCUT2D eigenvalue weighted by molar-refractivity contribution is -0.143. The Morgan fingerprint density at radius 1 is 1.45 bits per heavy atom. The van der Waals surface area contributed by atoms with Crippen LogP contribution in [0.25, 0.3) is 0 Å². The van der Waals surface area contributed by atoms with Crippen molar-refractivity contribution < 1.29 is 19.4 Å². The zero-order chi connectivity index (χ0) is 14.5. The summed E-state index contributed by atoms with van der Waals surface area (Å²) in [5.74, 6) is -1.36. The number of ether oxygens (including phenoxy) is 1. The summed E-state index contributed by atoms with van der Waals surface area (Å²) in [6, 6.07) is 6.65. The molecular weight excluding hydrogens is 258 g/mol. The Labute approximate surface area is 117 Å². The maximum absolute atomic E-state index is 11.9. The van der Waals surface area contributed by atoms with Crippen molar-refractivity contribution in [3.63, 3.8) is 0 Å². The summed E-state index contributed by atoms with van der Waals surface area (Å²) in [7, 11) is 0. The van der Waals surface area contributed by atoms with E-state index in [-0.39, 0.29) is 12.3 Å². The molecule has 1 aromatic carbocycles. The average molecular weight is 277 g/mol. The van der Waals surface area contributed by atoms with Gasteiger partial charge in [-0.05, 0) is 30.9 Å². The van der Waals surface area contributed by atoms with Gasteiger partial charge in [-0.25, -0.2) is 4.79 Å². The monoisotopic (exact) mass is 277 g/mol. The smallest absolute Gasteiger partial charge is 0.326 e. The van der Waals surface area contributed by atoms with E-state index in [9.17, 15) is 14.7 Å². The number of nitrogens with one attached hydrogen (secondary N) is 1. The molecule has 1 saturated heterocycles. The number of carboxylic acid groups (broad SMARTS) is 1. The molecule has 5 heteroatoms. The van der Waals surface area contributed by atoms with E-state index in [1.54, 1.807) is 0 Å². The molecule has 5 nitrogen and oxygen atoms in total. The lowest BCUT2D eigenvalue weighted by atomic mass is 10.0. The first-order valence-corrected chi connectivity index (χ1v) is 6.77. The van der Waals surface area contributed by atoms with E-state index >= 15 is 0 Å². The van der Waals surface area contributed by atoms with Gasteiger partial charge >= 0.3 is 5.97 Å². The van der Waals surface area contributed by atoms with Crippen molar-refractivity contribution in [1.29, 1.82) is 0 Å². The Kier molecular flexibility index (Phi) is 4.74. The molecule has 108 valence electrons. The lowest BCUT2D eigenvalue weighted by Crippen LogP contribution is -2.46. The highest BCUT2D eigenvalue weighted by molar-refractivity contribution is 5.86. The molecule has 0 radical (unpaired) electrons. The normalized spacial score (nSPS) is 19.6. The van der Waals surface area contributed by atoms with Crippen molar-refractivity contribution in [3.8, 4) is 0 Å². The van der Waals surface area contributed by atoms with E-state index in [4.69, 9.17) is 4.74 Å². The minimum absolute atomic E-state index is 0.278. The number of carbonyl (C=O) groups is 2. The Morgan fingerprint density at radius 2 is 2.20 bits per heavy atom. The van der Waals surface area contributed by atoms with Crippen molar-refractivity contribution >= 4 is 11.9 Å². The Balaban J connectivity index is 2.02. The minimum Gasteiger partial charge on any atom is -0.480 e. The summed E-state index contributed by atoms with van der Waals surface area (Å²) in [6.45, 7) is 2.49. The highest BCUT2D eigenvalue weighted by Gasteiger charge is 2.28. The number of carboxylic acids is 1. The van der Waals surface area contributed by atoms with Gasteiger partial charge in [-0.2, -0.15) is 0 Å². The number of hydrogen-bond acceptors (Lipinski definition) is 3. The van der Waals surface area contributed by atoms with Crippen molar-refractivity contribution in [1.82, 2.24) is 5.32 Å². The molecule has 0 aromatic heterocycles. The molecule has 1 aliphatic heterocycles. The van der Waals surface area contributed by atoms with Crippen LogP contribution in [-0.2, 0) is 20.7 Å². The second-order valence-corrected chi connectivity index (χ2v) is 5.03. The van der Waals surface area contributed by atoms with Crippen molar-refractivity contribution in [2.24, 2.45) is 0 Å². The molecule has 2 rings (SSSR count). The topological polar surface area (TPSA) is 75.6 Å². The number of amides is 1. The minimum atomic E-state index is -1.03. The van der Waals surface area contributed by atoms with E-state index in [1.165, 1.54) is 0 Å². The molecular formula is C15H19NO4. The number of aryl methyl sites for hydroxylation is 1. The predicted octanol–water partition coefficient (Wildman–Crippen LogP) is 1.29. The van der Waals surface area contributed by atoms with Gasteiger partial charge in [0.25, 0.3) is 0 Å². The maximum atomic E-state index is 11.9. The highest BCUT2D eigenvalue weighted by atomic mass is 16.5. The fourth-order valence-corrected chi connectivity index (χ4v) is 2.31. The quantitative estimate of drug-likeness (QED) is 0.850. The second-order valence-electron chi connectivity index (χ2n) is 5.03. The molecule has 0 aliphatic carbocycles. The van der Waals surface area contributed by atoms with E-state index < -0.39 is 18.1 Å². The van der Waals surface area contributed by atoms with Crippen LogP contribution in [0.1, 0.15) is 24.0 Å². The van der Waals surface area contributed by atoms with Crippen LogP contribution < -0.4 is 5.32 Å².